The number of pyridine rings is 2. The van der Waals surface area contributed by atoms with Crippen LogP contribution < -0.4 is 0 Å². The molecule has 2 aromatic rings. The van der Waals surface area contributed by atoms with E-state index in [1.54, 1.807) is 36.7 Å². The van der Waals surface area contributed by atoms with E-state index in [1.807, 2.05) is 0 Å². The average Bonchev–Trinajstić information content (AvgIpc) is 2.46. The van der Waals surface area contributed by atoms with Crippen molar-refractivity contribution in [2.45, 2.75) is 12.3 Å². The van der Waals surface area contributed by atoms with Crippen molar-refractivity contribution in [1.82, 2.24) is 9.97 Å². The number of carbonyl (C=O) groups excluding carboxylic acids is 1. The number of hydrogen-bond donors (Lipinski definition) is 1. The van der Waals surface area contributed by atoms with E-state index in [1.165, 1.54) is 12.4 Å². The van der Waals surface area contributed by atoms with Crippen LogP contribution in [-0.4, -0.2) is 26.8 Å². The zero-order valence-corrected chi connectivity index (χ0v) is 10.1. The smallest absolute Gasteiger partial charge is 0.304 e. The second-order valence-electron chi connectivity index (χ2n) is 4.03. The molecule has 0 spiro atoms. The maximum absolute atomic E-state index is 12.4. The van der Waals surface area contributed by atoms with Crippen LogP contribution in [-0.2, 0) is 4.79 Å². The van der Waals surface area contributed by atoms with Crippen LogP contribution in [0, 0.1) is 0 Å². The highest BCUT2D eigenvalue weighted by molar-refractivity contribution is 6.02. The van der Waals surface area contributed by atoms with E-state index < -0.39 is 11.9 Å². The Morgan fingerprint density at radius 2 is 1.53 bits per heavy atom. The van der Waals surface area contributed by atoms with Crippen LogP contribution in [0.3, 0.4) is 0 Å². The molecule has 0 fully saturated rings. The Morgan fingerprint density at radius 3 is 2.05 bits per heavy atom. The predicted molar refractivity (Wildman–Crippen MR) is 67.8 cm³/mol. The Labute approximate surface area is 110 Å². The molecule has 1 atom stereocenters. The van der Waals surface area contributed by atoms with Crippen LogP contribution in [0.2, 0.25) is 0 Å². The number of ketones is 1. The molecule has 2 aromatic heterocycles. The van der Waals surface area contributed by atoms with Crippen molar-refractivity contribution in [2.24, 2.45) is 0 Å². The van der Waals surface area contributed by atoms with Crippen LogP contribution in [0.15, 0.2) is 49.1 Å². The second kappa shape index (κ2) is 5.86. The Kier molecular flexibility index (Phi) is 3.97. The van der Waals surface area contributed by atoms with E-state index in [0.29, 0.717) is 11.1 Å². The minimum atomic E-state index is -1.01. The first-order valence-corrected chi connectivity index (χ1v) is 5.74. The van der Waals surface area contributed by atoms with Gasteiger partial charge in [-0.3, -0.25) is 19.6 Å². The molecule has 1 unspecified atom stereocenters. The summed E-state index contributed by atoms with van der Waals surface area (Å²) in [4.78, 5) is 31.0. The van der Waals surface area contributed by atoms with Gasteiger partial charge in [0.1, 0.15) is 0 Å². The Morgan fingerprint density at radius 1 is 1.00 bits per heavy atom. The van der Waals surface area contributed by atoms with Crippen molar-refractivity contribution in [1.29, 1.82) is 0 Å². The highest BCUT2D eigenvalue weighted by Gasteiger charge is 2.24. The van der Waals surface area contributed by atoms with Crippen molar-refractivity contribution in [3.63, 3.8) is 0 Å². The third-order valence-electron chi connectivity index (χ3n) is 2.77. The summed E-state index contributed by atoms with van der Waals surface area (Å²) < 4.78 is 0. The first kappa shape index (κ1) is 12.9. The molecular weight excluding hydrogens is 244 g/mol. The molecule has 2 rings (SSSR count). The third kappa shape index (κ3) is 3.22. The number of carboxylic acid groups (broad SMARTS) is 1. The number of rotatable bonds is 5. The van der Waals surface area contributed by atoms with Gasteiger partial charge in [0.25, 0.3) is 0 Å². The van der Waals surface area contributed by atoms with Crippen LogP contribution in [0.5, 0.6) is 0 Å². The largest absolute Gasteiger partial charge is 0.481 e. The summed E-state index contributed by atoms with van der Waals surface area (Å²) in [5, 5.41) is 8.96. The fourth-order valence-electron chi connectivity index (χ4n) is 1.85. The highest BCUT2D eigenvalue weighted by atomic mass is 16.4. The van der Waals surface area contributed by atoms with E-state index in [4.69, 9.17) is 5.11 Å². The summed E-state index contributed by atoms with van der Waals surface area (Å²) >= 11 is 0. The minimum Gasteiger partial charge on any atom is -0.481 e. The fraction of sp³-hybridized carbons (Fsp3) is 0.143. The lowest BCUT2D eigenvalue weighted by molar-refractivity contribution is -0.137. The van der Waals surface area contributed by atoms with Gasteiger partial charge >= 0.3 is 5.97 Å². The van der Waals surface area contributed by atoms with Crippen LogP contribution >= 0.6 is 0 Å². The molecule has 0 aliphatic heterocycles. The first-order valence-electron chi connectivity index (χ1n) is 5.74. The minimum absolute atomic E-state index is 0.226. The second-order valence-corrected chi connectivity index (χ2v) is 4.03. The van der Waals surface area contributed by atoms with Crippen molar-refractivity contribution in [2.75, 3.05) is 0 Å². The first-order chi connectivity index (χ1) is 9.18. The molecule has 0 bridgehead atoms. The molecular formula is C14H12N2O3. The lowest BCUT2D eigenvalue weighted by atomic mass is 9.89. The van der Waals surface area contributed by atoms with Crippen molar-refractivity contribution >= 4 is 11.8 Å². The van der Waals surface area contributed by atoms with Crippen LogP contribution in [0.4, 0.5) is 0 Å². The van der Waals surface area contributed by atoms with Gasteiger partial charge in [-0.2, -0.15) is 0 Å². The van der Waals surface area contributed by atoms with Gasteiger partial charge in [0.05, 0.1) is 12.3 Å². The molecule has 0 saturated heterocycles. The van der Waals surface area contributed by atoms with Crippen molar-refractivity contribution < 1.29 is 14.7 Å². The SMILES string of the molecule is O=C(O)CC(C(=O)c1ccncc1)c1ccncc1. The van der Waals surface area contributed by atoms with Crippen LogP contribution in [0.25, 0.3) is 0 Å². The van der Waals surface area contributed by atoms with Gasteiger partial charge in [0.15, 0.2) is 5.78 Å². The zero-order chi connectivity index (χ0) is 13.7. The molecule has 0 saturated carbocycles. The number of carboxylic acids is 1. The van der Waals surface area contributed by atoms with Gasteiger partial charge in [0.2, 0.25) is 0 Å². The zero-order valence-electron chi connectivity index (χ0n) is 10.1. The third-order valence-corrected chi connectivity index (χ3v) is 2.77. The van der Waals surface area contributed by atoms with Crippen molar-refractivity contribution in [3.8, 4) is 0 Å². The molecule has 0 amide bonds. The maximum atomic E-state index is 12.4. The molecule has 5 nitrogen and oxygen atoms in total. The Hall–Kier alpha value is -2.56. The number of aliphatic carboxylic acids is 1. The summed E-state index contributed by atoms with van der Waals surface area (Å²) in [5.74, 6) is -1.94. The summed E-state index contributed by atoms with van der Waals surface area (Å²) in [7, 11) is 0. The van der Waals surface area contributed by atoms with Gasteiger partial charge < -0.3 is 5.11 Å². The van der Waals surface area contributed by atoms with E-state index in [9.17, 15) is 9.59 Å². The van der Waals surface area contributed by atoms with E-state index >= 15 is 0 Å². The Bertz CT molecular complexity index is 570. The van der Waals surface area contributed by atoms with Crippen LogP contribution in [0.1, 0.15) is 28.3 Å². The monoisotopic (exact) mass is 256 g/mol. The number of carbonyl (C=O) groups is 2. The topological polar surface area (TPSA) is 80.1 Å². The number of Topliss-reactive ketones (excluding diaryl/α,β-unsaturated/α-hetero) is 1. The molecule has 19 heavy (non-hydrogen) atoms. The van der Waals surface area contributed by atoms with Gasteiger partial charge in [0, 0.05) is 30.4 Å². The van der Waals surface area contributed by atoms with Gasteiger partial charge in [-0.05, 0) is 29.8 Å². The number of nitrogens with zero attached hydrogens (tertiary/aromatic N) is 2. The lowest BCUT2D eigenvalue weighted by Gasteiger charge is -2.13. The molecule has 0 aliphatic carbocycles. The molecule has 0 aliphatic rings. The molecule has 1 N–H and O–H groups in total. The summed E-state index contributed by atoms with van der Waals surface area (Å²) in [5.41, 5.74) is 1.11. The van der Waals surface area contributed by atoms with Gasteiger partial charge in [-0.25, -0.2) is 0 Å². The lowest BCUT2D eigenvalue weighted by Crippen LogP contribution is -2.17. The predicted octanol–water partition coefficient (Wildman–Crippen LogP) is 1.92. The normalized spacial score (nSPS) is 11.8. The fourth-order valence-corrected chi connectivity index (χ4v) is 1.85. The highest BCUT2D eigenvalue weighted by Crippen LogP contribution is 2.23. The molecule has 2 heterocycles. The van der Waals surface area contributed by atoms with Gasteiger partial charge in [-0.15, -0.1) is 0 Å². The molecule has 96 valence electrons. The van der Waals surface area contributed by atoms with Crippen molar-refractivity contribution in [3.05, 3.63) is 60.2 Å². The summed E-state index contributed by atoms with van der Waals surface area (Å²) in [6, 6.07) is 6.48. The molecule has 0 aromatic carbocycles. The van der Waals surface area contributed by atoms with E-state index in [2.05, 4.69) is 9.97 Å². The Balaban J connectivity index is 2.33. The number of hydrogen-bond acceptors (Lipinski definition) is 4. The summed E-state index contributed by atoms with van der Waals surface area (Å²) in [6.07, 6.45) is 5.87. The van der Waals surface area contributed by atoms with E-state index in [0.717, 1.165) is 0 Å². The van der Waals surface area contributed by atoms with Gasteiger partial charge in [-0.1, -0.05) is 0 Å². The average molecular weight is 256 g/mol. The van der Waals surface area contributed by atoms with E-state index in [-0.39, 0.29) is 12.2 Å². The molecule has 0 radical (unpaired) electrons. The quantitative estimate of drug-likeness (QED) is 0.826. The summed E-state index contributed by atoms with van der Waals surface area (Å²) in [6.45, 7) is 0. The maximum Gasteiger partial charge on any atom is 0.304 e. The molecule has 5 heteroatoms. The standard InChI is InChI=1S/C14H12N2O3/c17-13(18)9-12(10-1-5-15-6-2-10)14(19)11-3-7-16-8-4-11/h1-8,12H,9H2,(H,17,18). The number of aromatic nitrogens is 2.